The van der Waals surface area contributed by atoms with Crippen LogP contribution in [0.4, 0.5) is 0 Å². The van der Waals surface area contributed by atoms with Gasteiger partial charge in [-0.1, -0.05) is 0 Å². The summed E-state index contributed by atoms with van der Waals surface area (Å²) >= 11 is 0. The second-order valence-corrected chi connectivity index (χ2v) is 2.42. The highest BCUT2D eigenvalue weighted by Gasteiger charge is 1.88. The summed E-state index contributed by atoms with van der Waals surface area (Å²) in [5.41, 5.74) is 0. The van der Waals surface area contributed by atoms with Gasteiger partial charge in [0.25, 0.3) is 0 Å². The minimum Gasteiger partial charge on any atom is -0.309 e. The second-order valence-electron chi connectivity index (χ2n) is 2.42. The Bertz CT molecular complexity index is 91.6. The molecule has 0 N–H and O–H groups in total. The first kappa shape index (κ1) is 8.45. The van der Waals surface area contributed by atoms with E-state index in [2.05, 4.69) is 11.0 Å². The van der Waals surface area contributed by atoms with Crippen molar-refractivity contribution in [3.63, 3.8) is 0 Å². The molecule has 0 fully saturated rings. The van der Waals surface area contributed by atoms with Crippen LogP contribution in [0, 0.1) is 11.3 Å². The van der Waals surface area contributed by atoms with Gasteiger partial charge in [0.2, 0.25) is 0 Å². The lowest BCUT2D eigenvalue weighted by Gasteiger charge is -2.06. The van der Waals surface area contributed by atoms with E-state index in [1.807, 2.05) is 14.1 Å². The molecule has 0 heterocycles. The predicted octanol–water partition coefficient (Wildman–Crippen LogP) is 1.24. The molecule has 0 rings (SSSR count). The van der Waals surface area contributed by atoms with Crippen LogP contribution >= 0.6 is 0 Å². The molecule has 0 aliphatic carbocycles. The summed E-state index contributed by atoms with van der Waals surface area (Å²) in [7, 11) is 4.10. The van der Waals surface area contributed by atoms with Crippen LogP contribution < -0.4 is 0 Å². The molecular weight excluding hydrogens is 112 g/mol. The zero-order chi connectivity index (χ0) is 7.11. The van der Waals surface area contributed by atoms with Gasteiger partial charge >= 0.3 is 0 Å². The van der Waals surface area contributed by atoms with Crippen molar-refractivity contribution >= 4 is 0 Å². The standard InChI is InChI=1S/C7H14N2/c1-9(2)7-5-3-4-6-8/h3-5,7H2,1-2H3. The topological polar surface area (TPSA) is 27.0 Å². The zero-order valence-electron chi connectivity index (χ0n) is 6.22. The van der Waals surface area contributed by atoms with E-state index in [9.17, 15) is 0 Å². The first-order valence-corrected chi connectivity index (χ1v) is 3.29. The monoisotopic (exact) mass is 126 g/mol. The Balaban J connectivity index is 2.85. The van der Waals surface area contributed by atoms with Crippen molar-refractivity contribution < 1.29 is 0 Å². The van der Waals surface area contributed by atoms with E-state index in [4.69, 9.17) is 5.26 Å². The Kier molecular flexibility index (Phi) is 5.24. The van der Waals surface area contributed by atoms with Crippen LogP contribution in [0.2, 0.25) is 0 Å². The van der Waals surface area contributed by atoms with Crippen molar-refractivity contribution in [3.8, 4) is 6.07 Å². The average molecular weight is 126 g/mol. The van der Waals surface area contributed by atoms with Gasteiger partial charge in [0.1, 0.15) is 0 Å². The summed E-state index contributed by atoms with van der Waals surface area (Å²) < 4.78 is 0. The Hall–Kier alpha value is -0.550. The summed E-state index contributed by atoms with van der Waals surface area (Å²) in [5.74, 6) is 0. The highest BCUT2D eigenvalue weighted by Crippen LogP contribution is 1.93. The van der Waals surface area contributed by atoms with E-state index in [0.29, 0.717) is 6.42 Å². The summed E-state index contributed by atoms with van der Waals surface area (Å²) in [4.78, 5) is 2.14. The van der Waals surface area contributed by atoms with Crippen LogP contribution in [-0.4, -0.2) is 25.5 Å². The average Bonchev–Trinajstić information content (AvgIpc) is 1.80. The van der Waals surface area contributed by atoms with Crippen LogP contribution in [0.3, 0.4) is 0 Å². The third kappa shape index (κ3) is 7.45. The molecule has 0 saturated heterocycles. The summed E-state index contributed by atoms with van der Waals surface area (Å²) in [6.07, 6.45) is 2.88. The van der Waals surface area contributed by atoms with E-state index < -0.39 is 0 Å². The normalized spacial score (nSPS) is 9.56. The molecule has 2 heteroatoms. The molecular formula is C7H14N2. The molecule has 2 nitrogen and oxygen atoms in total. The summed E-state index contributed by atoms with van der Waals surface area (Å²) in [6.45, 7) is 1.10. The first-order chi connectivity index (χ1) is 4.27. The van der Waals surface area contributed by atoms with Crippen LogP contribution in [-0.2, 0) is 0 Å². The first-order valence-electron chi connectivity index (χ1n) is 3.29. The molecule has 0 spiro atoms. The van der Waals surface area contributed by atoms with Crippen molar-refractivity contribution in [2.24, 2.45) is 0 Å². The smallest absolute Gasteiger partial charge is 0.0621 e. The van der Waals surface area contributed by atoms with Gasteiger partial charge in [0.05, 0.1) is 6.07 Å². The largest absolute Gasteiger partial charge is 0.309 e. The minimum absolute atomic E-state index is 0.702. The predicted molar refractivity (Wildman–Crippen MR) is 38.0 cm³/mol. The number of nitrogens with zero attached hydrogens (tertiary/aromatic N) is 2. The summed E-state index contributed by atoms with van der Waals surface area (Å²) in [5, 5.41) is 8.17. The van der Waals surface area contributed by atoms with E-state index in [0.717, 1.165) is 19.4 Å². The third-order valence-corrected chi connectivity index (χ3v) is 1.14. The van der Waals surface area contributed by atoms with Crippen LogP contribution in [0.15, 0.2) is 0 Å². The number of nitriles is 1. The minimum atomic E-state index is 0.702. The molecule has 0 unspecified atom stereocenters. The molecule has 0 aliphatic rings. The van der Waals surface area contributed by atoms with E-state index in [1.165, 1.54) is 0 Å². The van der Waals surface area contributed by atoms with Gasteiger partial charge in [0.15, 0.2) is 0 Å². The van der Waals surface area contributed by atoms with Crippen molar-refractivity contribution in [3.05, 3.63) is 0 Å². The lowest BCUT2D eigenvalue weighted by Crippen LogP contribution is -2.12. The third-order valence-electron chi connectivity index (χ3n) is 1.14. The molecule has 52 valence electrons. The fourth-order valence-corrected chi connectivity index (χ4v) is 0.632. The van der Waals surface area contributed by atoms with Gasteiger partial charge < -0.3 is 4.90 Å². The maximum absolute atomic E-state index is 8.17. The van der Waals surface area contributed by atoms with Crippen LogP contribution in [0.1, 0.15) is 19.3 Å². The SMILES string of the molecule is CN(C)CCCCC#N. The van der Waals surface area contributed by atoms with Gasteiger partial charge in [-0.05, 0) is 33.5 Å². The Labute approximate surface area is 57.1 Å². The second kappa shape index (κ2) is 5.58. The number of unbranched alkanes of at least 4 members (excludes halogenated alkanes) is 2. The molecule has 0 aliphatic heterocycles. The molecule has 0 aromatic carbocycles. The molecule has 0 atom stereocenters. The molecule has 0 bridgehead atoms. The van der Waals surface area contributed by atoms with Gasteiger partial charge in [-0.25, -0.2) is 0 Å². The molecule has 0 amide bonds. The lowest BCUT2D eigenvalue weighted by atomic mass is 10.2. The molecule has 0 radical (unpaired) electrons. The highest BCUT2D eigenvalue weighted by molar-refractivity contribution is 4.68. The van der Waals surface area contributed by atoms with Gasteiger partial charge in [-0.15, -0.1) is 0 Å². The van der Waals surface area contributed by atoms with E-state index in [1.54, 1.807) is 0 Å². The maximum Gasteiger partial charge on any atom is 0.0621 e. The Morgan fingerprint density at radius 2 is 2.00 bits per heavy atom. The quantitative estimate of drug-likeness (QED) is 0.530. The maximum atomic E-state index is 8.17. The summed E-state index contributed by atoms with van der Waals surface area (Å²) in [6, 6.07) is 2.12. The number of hydrogen-bond acceptors (Lipinski definition) is 2. The molecule has 0 aromatic rings. The number of hydrogen-bond donors (Lipinski definition) is 0. The highest BCUT2D eigenvalue weighted by atomic mass is 15.0. The van der Waals surface area contributed by atoms with Crippen molar-refractivity contribution in [1.82, 2.24) is 4.90 Å². The van der Waals surface area contributed by atoms with Crippen LogP contribution in [0.25, 0.3) is 0 Å². The van der Waals surface area contributed by atoms with Crippen LogP contribution in [0.5, 0.6) is 0 Å². The van der Waals surface area contributed by atoms with Crippen molar-refractivity contribution in [2.75, 3.05) is 20.6 Å². The molecule has 0 saturated carbocycles. The molecule has 0 aromatic heterocycles. The number of rotatable bonds is 4. The van der Waals surface area contributed by atoms with Gasteiger partial charge in [-0.2, -0.15) is 5.26 Å². The lowest BCUT2D eigenvalue weighted by molar-refractivity contribution is 0.395. The zero-order valence-corrected chi connectivity index (χ0v) is 6.22. The Morgan fingerprint density at radius 1 is 1.33 bits per heavy atom. The van der Waals surface area contributed by atoms with E-state index in [-0.39, 0.29) is 0 Å². The van der Waals surface area contributed by atoms with E-state index >= 15 is 0 Å². The van der Waals surface area contributed by atoms with Gasteiger partial charge in [-0.3, -0.25) is 0 Å². The molecule has 9 heavy (non-hydrogen) atoms. The Morgan fingerprint density at radius 3 is 2.44 bits per heavy atom. The fraction of sp³-hybridized carbons (Fsp3) is 0.857. The van der Waals surface area contributed by atoms with Gasteiger partial charge in [0, 0.05) is 6.42 Å². The fourth-order valence-electron chi connectivity index (χ4n) is 0.632. The van der Waals surface area contributed by atoms with Crippen molar-refractivity contribution in [1.29, 1.82) is 5.26 Å². The van der Waals surface area contributed by atoms with Crippen molar-refractivity contribution in [2.45, 2.75) is 19.3 Å².